The van der Waals surface area contributed by atoms with E-state index in [4.69, 9.17) is 4.74 Å². The summed E-state index contributed by atoms with van der Waals surface area (Å²) in [5.41, 5.74) is 3.44. The van der Waals surface area contributed by atoms with Gasteiger partial charge in [0.1, 0.15) is 6.10 Å². The van der Waals surface area contributed by atoms with Gasteiger partial charge in [-0.2, -0.15) is 0 Å². The van der Waals surface area contributed by atoms with Gasteiger partial charge >= 0.3 is 0 Å². The fourth-order valence-corrected chi connectivity index (χ4v) is 2.45. The lowest BCUT2D eigenvalue weighted by Crippen LogP contribution is -2.28. The number of nitrogens with zero attached hydrogens (tertiary/aromatic N) is 1. The van der Waals surface area contributed by atoms with Gasteiger partial charge in [0.15, 0.2) is 0 Å². The second kappa shape index (κ2) is 4.29. The molecule has 92 valence electrons. The quantitative estimate of drug-likeness (QED) is 0.838. The van der Waals surface area contributed by atoms with Crippen molar-refractivity contribution in [3.05, 3.63) is 35.5 Å². The molecule has 18 heavy (non-hydrogen) atoms. The Morgan fingerprint density at radius 1 is 1.50 bits per heavy atom. The summed E-state index contributed by atoms with van der Waals surface area (Å²) in [5, 5.41) is 1.22. The molecular formula is C14H14N2O2. The van der Waals surface area contributed by atoms with E-state index >= 15 is 0 Å². The molecule has 0 fully saturated rings. The van der Waals surface area contributed by atoms with E-state index in [0.29, 0.717) is 6.47 Å². The largest absolute Gasteiger partial charge is 0.463 e. The number of aliphatic imine (C=N–C) groups is 1. The summed E-state index contributed by atoms with van der Waals surface area (Å²) in [7, 11) is 0. The number of benzene rings is 1. The highest BCUT2D eigenvalue weighted by molar-refractivity contribution is 5.94. The van der Waals surface area contributed by atoms with Gasteiger partial charge in [0.2, 0.25) is 0 Å². The minimum absolute atomic E-state index is 0.00176. The normalized spacial score (nSPS) is 19.5. The molecule has 4 nitrogen and oxygen atoms in total. The predicted molar refractivity (Wildman–Crippen MR) is 70.0 cm³/mol. The molecule has 3 rings (SSSR count). The molecule has 1 N–H and O–H groups in total. The molecule has 2 unspecified atom stereocenters. The Bertz CT molecular complexity index is 615. The zero-order valence-electron chi connectivity index (χ0n) is 10.1. The fraction of sp³-hybridized carbons (Fsp3) is 0.286. The Morgan fingerprint density at radius 3 is 3.17 bits per heavy atom. The zero-order chi connectivity index (χ0) is 12.5. The van der Waals surface area contributed by atoms with Gasteiger partial charge in [0.25, 0.3) is 6.47 Å². The molecule has 0 saturated heterocycles. The zero-order valence-corrected chi connectivity index (χ0v) is 10.1. The number of fused-ring (bicyclic) bond motifs is 3. The Labute approximate surface area is 105 Å². The first-order valence-electron chi connectivity index (χ1n) is 6.01. The Balaban J connectivity index is 1.98. The molecule has 4 heteroatoms. The standard InChI is InChI=1S/C14H14N2O2/c1-9(18-8-17)13-6-11-10-4-2-3-5-12(10)16-14(11)7-15-13/h2-5,7-9,13,16H,6H2,1H3. The first kappa shape index (κ1) is 11.0. The smallest absolute Gasteiger partial charge is 0.293 e. The van der Waals surface area contributed by atoms with Crippen LogP contribution in [0.3, 0.4) is 0 Å². The number of rotatable bonds is 3. The number of H-pyrrole nitrogens is 1. The van der Waals surface area contributed by atoms with E-state index in [9.17, 15) is 4.79 Å². The summed E-state index contributed by atoms with van der Waals surface area (Å²) in [6.07, 6.45) is 2.44. The van der Waals surface area contributed by atoms with Crippen LogP contribution in [0.25, 0.3) is 10.9 Å². The maximum Gasteiger partial charge on any atom is 0.293 e. The number of para-hydroxylation sites is 1. The molecule has 0 aliphatic carbocycles. The van der Waals surface area contributed by atoms with Gasteiger partial charge in [0, 0.05) is 23.5 Å². The molecule has 1 aliphatic rings. The third-order valence-corrected chi connectivity index (χ3v) is 3.47. The summed E-state index contributed by atoms with van der Waals surface area (Å²) in [5.74, 6) is 0. The lowest BCUT2D eigenvalue weighted by atomic mass is 9.97. The maximum absolute atomic E-state index is 10.4. The molecule has 0 radical (unpaired) electrons. The van der Waals surface area contributed by atoms with Crippen LogP contribution in [0.1, 0.15) is 18.2 Å². The van der Waals surface area contributed by atoms with Gasteiger partial charge in [-0.05, 0) is 18.6 Å². The minimum Gasteiger partial charge on any atom is -0.463 e. The summed E-state index contributed by atoms with van der Waals surface area (Å²) in [4.78, 5) is 18.2. The van der Waals surface area contributed by atoms with Crippen LogP contribution in [0.4, 0.5) is 0 Å². The molecular weight excluding hydrogens is 228 g/mol. The number of nitrogens with one attached hydrogen (secondary N) is 1. The second-order valence-electron chi connectivity index (χ2n) is 4.55. The van der Waals surface area contributed by atoms with Crippen molar-refractivity contribution >= 4 is 23.6 Å². The Kier molecular flexibility index (Phi) is 2.63. The minimum atomic E-state index is -0.194. The maximum atomic E-state index is 10.4. The average Bonchev–Trinajstić information content (AvgIpc) is 2.76. The van der Waals surface area contributed by atoms with Crippen molar-refractivity contribution in [3.63, 3.8) is 0 Å². The van der Waals surface area contributed by atoms with Crippen LogP contribution in [0.15, 0.2) is 29.3 Å². The van der Waals surface area contributed by atoms with Crippen molar-refractivity contribution < 1.29 is 9.53 Å². The van der Waals surface area contributed by atoms with E-state index in [0.717, 1.165) is 17.6 Å². The Morgan fingerprint density at radius 2 is 2.33 bits per heavy atom. The summed E-state index contributed by atoms with van der Waals surface area (Å²) < 4.78 is 4.98. The molecule has 2 heterocycles. The van der Waals surface area contributed by atoms with Crippen LogP contribution in [0.2, 0.25) is 0 Å². The number of aromatic amines is 1. The van der Waals surface area contributed by atoms with Gasteiger partial charge < -0.3 is 9.72 Å². The fourth-order valence-electron chi connectivity index (χ4n) is 2.45. The van der Waals surface area contributed by atoms with Crippen molar-refractivity contribution in [2.75, 3.05) is 0 Å². The number of carbonyl (C=O) groups excluding carboxylic acids is 1. The number of carbonyl (C=O) groups is 1. The van der Waals surface area contributed by atoms with E-state index in [2.05, 4.69) is 22.1 Å². The van der Waals surface area contributed by atoms with Crippen LogP contribution in [-0.4, -0.2) is 29.8 Å². The van der Waals surface area contributed by atoms with Crippen molar-refractivity contribution in [1.82, 2.24) is 4.98 Å². The first-order valence-corrected chi connectivity index (χ1v) is 6.01. The molecule has 0 spiro atoms. The van der Waals surface area contributed by atoms with Crippen molar-refractivity contribution in [2.24, 2.45) is 4.99 Å². The van der Waals surface area contributed by atoms with Crippen LogP contribution in [-0.2, 0) is 16.0 Å². The van der Waals surface area contributed by atoms with E-state index in [1.807, 2.05) is 25.3 Å². The van der Waals surface area contributed by atoms with E-state index in [1.54, 1.807) is 0 Å². The molecule has 0 bridgehead atoms. The molecule has 1 aliphatic heterocycles. The van der Waals surface area contributed by atoms with Gasteiger partial charge in [-0.25, -0.2) is 0 Å². The van der Waals surface area contributed by atoms with Crippen LogP contribution in [0.5, 0.6) is 0 Å². The van der Waals surface area contributed by atoms with E-state index in [-0.39, 0.29) is 12.1 Å². The molecule has 1 aromatic heterocycles. The first-order chi connectivity index (χ1) is 8.79. The van der Waals surface area contributed by atoms with Gasteiger partial charge in [0.05, 0.1) is 11.7 Å². The van der Waals surface area contributed by atoms with Gasteiger partial charge in [-0.15, -0.1) is 0 Å². The van der Waals surface area contributed by atoms with Crippen molar-refractivity contribution in [2.45, 2.75) is 25.5 Å². The lowest BCUT2D eigenvalue weighted by Gasteiger charge is -2.21. The van der Waals surface area contributed by atoms with Gasteiger partial charge in [-0.1, -0.05) is 18.2 Å². The molecule has 1 aromatic carbocycles. The number of aromatic nitrogens is 1. The highest BCUT2D eigenvalue weighted by Crippen LogP contribution is 2.27. The molecule has 2 atom stereocenters. The molecule has 0 amide bonds. The van der Waals surface area contributed by atoms with Crippen LogP contribution < -0.4 is 0 Å². The van der Waals surface area contributed by atoms with Crippen LogP contribution in [0, 0.1) is 0 Å². The van der Waals surface area contributed by atoms with Crippen molar-refractivity contribution in [1.29, 1.82) is 0 Å². The second-order valence-corrected chi connectivity index (χ2v) is 4.55. The van der Waals surface area contributed by atoms with E-state index in [1.165, 1.54) is 10.9 Å². The van der Waals surface area contributed by atoms with E-state index < -0.39 is 0 Å². The van der Waals surface area contributed by atoms with Gasteiger partial charge in [-0.3, -0.25) is 9.79 Å². The molecule has 2 aromatic rings. The summed E-state index contributed by atoms with van der Waals surface area (Å²) in [6, 6.07) is 8.20. The third kappa shape index (κ3) is 1.70. The monoisotopic (exact) mass is 242 g/mol. The average molecular weight is 242 g/mol. The highest BCUT2D eigenvalue weighted by Gasteiger charge is 2.24. The number of ether oxygens (including phenoxy) is 1. The number of hydrogen-bond acceptors (Lipinski definition) is 3. The topological polar surface area (TPSA) is 54.5 Å². The predicted octanol–water partition coefficient (Wildman–Crippen LogP) is 2.07. The molecule has 0 saturated carbocycles. The highest BCUT2D eigenvalue weighted by atomic mass is 16.5. The SMILES string of the molecule is CC(OC=O)C1Cc2c([nH]c3ccccc23)C=N1. The Hall–Kier alpha value is -2.10. The number of hydrogen-bond donors (Lipinski definition) is 1. The summed E-state index contributed by atoms with van der Waals surface area (Å²) >= 11 is 0. The third-order valence-electron chi connectivity index (χ3n) is 3.47. The summed E-state index contributed by atoms with van der Waals surface area (Å²) in [6.45, 7) is 2.36. The van der Waals surface area contributed by atoms with Crippen molar-refractivity contribution in [3.8, 4) is 0 Å². The van der Waals surface area contributed by atoms with Crippen LogP contribution >= 0.6 is 0 Å². The lowest BCUT2D eigenvalue weighted by molar-refractivity contribution is -0.133.